The van der Waals surface area contributed by atoms with Crippen molar-refractivity contribution in [3.63, 3.8) is 0 Å². The fourth-order valence-electron chi connectivity index (χ4n) is 2.25. The Labute approximate surface area is 145 Å². The monoisotopic (exact) mass is 334 g/mol. The molecule has 0 aliphatic carbocycles. The predicted octanol–water partition coefficient (Wildman–Crippen LogP) is 3.60. The first-order chi connectivity index (χ1) is 12.1. The number of carbonyl (C=O) groups is 1. The van der Waals surface area contributed by atoms with Crippen LogP contribution in [0.2, 0.25) is 0 Å². The first-order valence-electron chi connectivity index (χ1n) is 7.82. The lowest BCUT2D eigenvalue weighted by Crippen LogP contribution is -2.02. The molecule has 0 fully saturated rings. The molecular weight excluding hydrogens is 316 g/mol. The number of hydrogen-bond acceptors (Lipinski definition) is 4. The molecule has 0 aliphatic heterocycles. The van der Waals surface area contributed by atoms with Gasteiger partial charge in [-0.05, 0) is 48.0 Å². The summed E-state index contributed by atoms with van der Waals surface area (Å²) in [5.41, 5.74) is 1.43. The average molecular weight is 334 g/mol. The van der Waals surface area contributed by atoms with E-state index in [-0.39, 0.29) is 11.5 Å². The van der Waals surface area contributed by atoms with Crippen LogP contribution in [-0.2, 0) is 13.7 Å². The van der Waals surface area contributed by atoms with Crippen LogP contribution in [0.1, 0.15) is 21.7 Å². The standard InChI is InChI=1S/C20H18N2O3/c1-22-13-12-21-20(22)14-25-18-9-2-15(3-10-18)4-11-19(24)16-5-7-17(23)8-6-16/h2-13,23H,14H2,1H3. The molecule has 3 rings (SSSR count). The van der Waals surface area contributed by atoms with Crippen LogP contribution in [0.4, 0.5) is 0 Å². The predicted molar refractivity (Wildman–Crippen MR) is 95.5 cm³/mol. The van der Waals surface area contributed by atoms with Gasteiger partial charge in [0, 0.05) is 25.0 Å². The van der Waals surface area contributed by atoms with E-state index in [1.54, 1.807) is 24.4 Å². The molecule has 1 heterocycles. The summed E-state index contributed by atoms with van der Waals surface area (Å²) in [6, 6.07) is 13.7. The highest BCUT2D eigenvalue weighted by molar-refractivity contribution is 6.06. The Morgan fingerprint density at radius 1 is 1.16 bits per heavy atom. The number of benzene rings is 2. The number of phenols is 1. The Hall–Kier alpha value is -3.34. The van der Waals surface area contributed by atoms with Gasteiger partial charge in [0.15, 0.2) is 5.78 Å². The lowest BCUT2D eigenvalue weighted by Gasteiger charge is -2.06. The van der Waals surface area contributed by atoms with E-state index in [2.05, 4.69) is 4.98 Å². The molecule has 0 unspecified atom stereocenters. The molecule has 25 heavy (non-hydrogen) atoms. The maximum Gasteiger partial charge on any atom is 0.185 e. The maximum absolute atomic E-state index is 12.1. The highest BCUT2D eigenvalue weighted by Gasteiger charge is 2.02. The highest BCUT2D eigenvalue weighted by atomic mass is 16.5. The molecule has 0 spiro atoms. The zero-order valence-corrected chi connectivity index (χ0v) is 13.8. The number of hydrogen-bond donors (Lipinski definition) is 1. The fourth-order valence-corrected chi connectivity index (χ4v) is 2.25. The number of carbonyl (C=O) groups excluding carboxylic acids is 1. The zero-order valence-electron chi connectivity index (χ0n) is 13.8. The third-order valence-electron chi connectivity index (χ3n) is 3.75. The third kappa shape index (κ3) is 4.35. The normalized spacial score (nSPS) is 10.9. The van der Waals surface area contributed by atoms with Crippen molar-refractivity contribution in [2.45, 2.75) is 6.61 Å². The van der Waals surface area contributed by atoms with Crippen molar-refractivity contribution in [3.8, 4) is 11.5 Å². The van der Waals surface area contributed by atoms with E-state index in [9.17, 15) is 9.90 Å². The molecule has 0 aliphatic rings. The second-order valence-electron chi connectivity index (χ2n) is 5.56. The van der Waals surface area contributed by atoms with Crippen LogP contribution in [0.15, 0.2) is 67.0 Å². The van der Waals surface area contributed by atoms with E-state index in [1.165, 1.54) is 18.2 Å². The van der Waals surface area contributed by atoms with Gasteiger partial charge in [0.1, 0.15) is 23.9 Å². The summed E-state index contributed by atoms with van der Waals surface area (Å²) in [5, 5.41) is 9.25. The van der Waals surface area contributed by atoms with E-state index in [4.69, 9.17) is 4.74 Å². The lowest BCUT2D eigenvalue weighted by atomic mass is 10.1. The molecule has 0 saturated heterocycles. The number of phenolic OH excluding ortho intramolecular Hbond substituents is 1. The molecular formula is C20H18N2O3. The van der Waals surface area contributed by atoms with Crippen LogP contribution in [0.25, 0.3) is 6.08 Å². The van der Waals surface area contributed by atoms with Gasteiger partial charge < -0.3 is 14.4 Å². The summed E-state index contributed by atoms with van der Waals surface area (Å²) in [7, 11) is 1.92. The van der Waals surface area contributed by atoms with Crippen molar-refractivity contribution < 1.29 is 14.6 Å². The maximum atomic E-state index is 12.1. The van der Waals surface area contributed by atoms with Crippen molar-refractivity contribution in [2.24, 2.45) is 7.05 Å². The van der Waals surface area contributed by atoms with Crippen LogP contribution in [0.5, 0.6) is 11.5 Å². The highest BCUT2D eigenvalue weighted by Crippen LogP contribution is 2.15. The number of aromatic nitrogens is 2. The Kier molecular flexibility index (Phi) is 4.95. The van der Waals surface area contributed by atoms with E-state index in [1.807, 2.05) is 42.1 Å². The first kappa shape index (κ1) is 16.5. The van der Waals surface area contributed by atoms with Crippen LogP contribution in [-0.4, -0.2) is 20.4 Å². The van der Waals surface area contributed by atoms with E-state index in [0.29, 0.717) is 12.2 Å². The van der Waals surface area contributed by atoms with Gasteiger partial charge in [0.05, 0.1) is 0 Å². The van der Waals surface area contributed by atoms with Gasteiger partial charge in [0.25, 0.3) is 0 Å². The van der Waals surface area contributed by atoms with Crippen molar-refractivity contribution in [1.82, 2.24) is 9.55 Å². The molecule has 5 nitrogen and oxygen atoms in total. The number of imidazole rings is 1. The smallest absolute Gasteiger partial charge is 0.185 e. The van der Waals surface area contributed by atoms with E-state index >= 15 is 0 Å². The molecule has 2 aromatic carbocycles. The number of ketones is 1. The van der Waals surface area contributed by atoms with Gasteiger partial charge in [-0.3, -0.25) is 4.79 Å². The molecule has 1 N–H and O–H groups in total. The summed E-state index contributed by atoms with van der Waals surface area (Å²) >= 11 is 0. The quantitative estimate of drug-likeness (QED) is 0.552. The van der Waals surface area contributed by atoms with Crippen molar-refractivity contribution in [2.75, 3.05) is 0 Å². The topological polar surface area (TPSA) is 64.4 Å². The number of allylic oxidation sites excluding steroid dienone is 1. The molecule has 5 heteroatoms. The van der Waals surface area contributed by atoms with E-state index in [0.717, 1.165) is 17.1 Å². The molecule has 0 bridgehead atoms. The SMILES string of the molecule is Cn1ccnc1COc1ccc(C=CC(=O)c2ccc(O)cc2)cc1. The van der Waals surface area contributed by atoms with Crippen LogP contribution in [0, 0.1) is 0 Å². The molecule has 126 valence electrons. The molecule has 0 saturated carbocycles. The third-order valence-corrected chi connectivity index (χ3v) is 3.75. The Morgan fingerprint density at radius 2 is 1.88 bits per heavy atom. The second kappa shape index (κ2) is 7.49. The molecule has 1 aromatic heterocycles. The number of aromatic hydroxyl groups is 1. The Morgan fingerprint density at radius 3 is 2.52 bits per heavy atom. The summed E-state index contributed by atoms with van der Waals surface area (Å²) < 4.78 is 7.60. The van der Waals surface area contributed by atoms with Crippen molar-refractivity contribution in [3.05, 3.63) is 84.0 Å². The van der Waals surface area contributed by atoms with Crippen LogP contribution in [0.3, 0.4) is 0 Å². The minimum Gasteiger partial charge on any atom is -0.508 e. The number of nitrogens with zero attached hydrogens (tertiary/aromatic N) is 2. The summed E-state index contributed by atoms with van der Waals surface area (Å²) in [5.74, 6) is 1.62. The molecule has 0 atom stereocenters. The van der Waals surface area contributed by atoms with Gasteiger partial charge in [-0.2, -0.15) is 0 Å². The van der Waals surface area contributed by atoms with E-state index < -0.39 is 0 Å². The molecule has 3 aromatic rings. The van der Waals surface area contributed by atoms with Crippen molar-refractivity contribution in [1.29, 1.82) is 0 Å². The summed E-state index contributed by atoms with van der Waals surface area (Å²) in [4.78, 5) is 16.3. The minimum atomic E-state index is -0.116. The Balaban J connectivity index is 1.59. The summed E-state index contributed by atoms with van der Waals surface area (Å²) in [6.45, 7) is 0.401. The first-order valence-corrected chi connectivity index (χ1v) is 7.82. The number of ether oxygens (including phenoxy) is 1. The van der Waals surface area contributed by atoms with Crippen LogP contribution < -0.4 is 4.74 Å². The van der Waals surface area contributed by atoms with Gasteiger partial charge >= 0.3 is 0 Å². The van der Waals surface area contributed by atoms with Crippen LogP contribution >= 0.6 is 0 Å². The number of rotatable bonds is 6. The molecule has 0 amide bonds. The second-order valence-corrected chi connectivity index (χ2v) is 5.56. The minimum absolute atomic E-state index is 0.116. The van der Waals surface area contributed by atoms with Gasteiger partial charge in [0.2, 0.25) is 0 Å². The summed E-state index contributed by atoms with van der Waals surface area (Å²) in [6.07, 6.45) is 6.86. The zero-order chi connectivity index (χ0) is 17.6. The van der Waals surface area contributed by atoms with Crippen molar-refractivity contribution >= 4 is 11.9 Å². The largest absolute Gasteiger partial charge is 0.508 e. The average Bonchev–Trinajstić information content (AvgIpc) is 3.04. The number of aryl methyl sites for hydroxylation is 1. The van der Waals surface area contributed by atoms with Gasteiger partial charge in [-0.1, -0.05) is 18.2 Å². The van der Waals surface area contributed by atoms with Gasteiger partial charge in [-0.25, -0.2) is 4.98 Å². The molecule has 0 radical (unpaired) electrons. The Bertz CT molecular complexity index is 878. The lowest BCUT2D eigenvalue weighted by molar-refractivity contribution is 0.104. The fraction of sp³-hybridized carbons (Fsp3) is 0.100. The van der Waals surface area contributed by atoms with Gasteiger partial charge in [-0.15, -0.1) is 0 Å².